The van der Waals surface area contributed by atoms with Gasteiger partial charge in [0.05, 0.1) is 17.7 Å². The molecule has 0 aliphatic heterocycles. The quantitative estimate of drug-likeness (QED) is 0.500. The predicted octanol–water partition coefficient (Wildman–Crippen LogP) is 3.09. The second kappa shape index (κ2) is 8.58. The minimum atomic E-state index is -0.528. The van der Waals surface area contributed by atoms with Crippen LogP contribution < -0.4 is 16.0 Å². The topological polar surface area (TPSA) is 76.5 Å². The Balaban J connectivity index is 1.80. The summed E-state index contributed by atoms with van der Waals surface area (Å²) in [5, 5.41) is 0. The summed E-state index contributed by atoms with van der Waals surface area (Å²) in [4.78, 5) is 32.3. The molecular formula is C23H18FN3O3S. The molecule has 0 aliphatic rings. The Morgan fingerprint density at radius 3 is 2.84 bits per heavy atom. The van der Waals surface area contributed by atoms with Gasteiger partial charge in [0.2, 0.25) is 5.88 Å². The number of pyridine rings is 1. The Morgan fingerprint density at radius 1 is 1.23 bits per heavy atom. The van der Waals surface area contributed by atoms with Crippen LogP contribution in [0.5, 0.6) is 5.88 Å². The average Bonchev–Trinajstić information content (AvgIpc) is 3.11. The molecule has 0 unspecified atom stereocenters. The van der Waals surface area contributed by atoms with Crippen molar-refractivity contribution in [3.8, 4) is 17.7 Å². The van der Waals surface area contributed by atoms with Crippen molar-refractivity contribution >= 4 is 16.2 Å². The highest BCUT2D eigenvalue weighted by Gasteiger charge is 2.17. The molecule has 0 radical (unpaired) electrons. The van der Waals surface area contributed by atoms with Gasteiger partial charge in [0.1, 0.15) is 10.6 Å². The SMILES string of the molecule is COc1cc(CC#Cc2sc3c(C)c(=O)[nH]c(=O)n3c2Cc2cccc(F)c2)ccn1. The monoisotopic (exact) mass is 435 g/mol. The van der Waals surface area contributed by atoms with E-state index in [1.807, 2.05) is 6.07 Å². The molecule has 6 nitrogen and oxygen atoms in total. The standard InChI is InChI=1S/C23H18FN3O3S/c1-14-21(28)26-23(29)27-18(12-16-6-3-7-17(24)11-16)19(31-22(14)27)8-4-5-15-9-10-25-20(13-15)30-2/h3,6-7,9-11,13H,5,12H2,1-2H3,(H,26,28,29). The third kappa shape index (κ3) is 4.27. The first-order valence-electron chi connectivity index (χ1n) is 9.46. The van der Waals surface area contributed by atoms with Crippen molar-refractivity contribution in [1.29, 1.82) is 0 Å². The maximum absolute atomic E-state index is 13.7. The van der Waals surface area contributed by atoms with E-state index in [9.17, 15) is 14.0 Å². The number of hydrogen-bond donors (Lipinski definition) is 1. The van der Waals surface area contributed by atoms with E-state index in [0.29, 0.717) is 45.3 Å². The summed E-state index contributed by atoms with van der Waals surface area (Å²) < 4.78 is 20.3. The zero-order chi connectivity index (χ0) is 22.0. The van der Waals surface area contributed by atoms with Crippen LogP contribution in [0.25, 0.3) is 4.83 Å². The van der Waals surface area contributed by atoms with Crippen LogP contribution in [0.4, 0.5) is 4.39 Å². The highest BCUT2D eigenvalue weighted by atomic mass is 32.1. The first kappa shape index (κ1) is 20.6. The van der Waals surface area contributed by atoms with Crippen molar-refractivity contribution in [3.05, 3.63) is 96.5 Å². The highest BCUT2D eigenvalue weighted by Crippen LogP contribution is 2.25. The third-order valence-electron chi connectivity index (χ3n) is 4.78. The number of nitrogens with one attached hydrogen (secondary N) is 1. The van der Waals surface area contributed by atoms with Gasteiger partial charge in [0, 0.05) is 30.7 Å². The number of ether oxygens (including phenoxy) is 1. The molecule has 1 aromatic carbocycles. The van der Waals surface area contributed by atoms with Gasteiger partial charge in [-0.3, -0.25) is 14.2 Å². The van der Waals surface area contributed by atoms with Crippen LogP contribution in [0.3, 0.4) is 0 Å². The number of aromatic nitrogens is 3. The molecule has 0 amide bonds. The number of methoxy groups -OCH3 is 1. The highest BCUT2D eigenvalue weighted by molar-refractivity contribution is 7.18. The molecule has 0 spiro atoms. The van der Waals surface area contributed by atoms with Crippen molar-refractivity contribution in [2.75, 3.05) is 7.11 Å². The summed E-state index contributed by atoms with van der Waals surface area (Å²) >= 11 is 1.28. The normalized spacial score (nSPS) is 10.7. The van der Waals surface area contributed by atoms with Crippen LogP contribution in [0, 0.1) is 24.6 Å². The van der Waals surface area contributed by atoms with Crippen molar-refractivity contribution in [2.24, 2.45) is 0 Å². The van der Waals surface area contributed by atoms with Gasteiger partial charge >= 0.3 is 5.69 Å². The minimum Gasteiger partial charge on any atom is -0.481 e. The van der Waals surface area contributed by atoms with Gasteiger partial charge in [-0.25, -0.2) is 14.2 Å². The van der Waals surface area contributed by atoms with E-state index < -0.39 is 11.2 Å². The number of aryl methyl sites for hydroxylation is 1. The van der Waals surface area contributed by atoms with Gasteiger partial charge < -0.3 is 4.74 Å². The lowest BCUT2D eigenvalue weighted by molar-refractivity contribution is 0.397. The molecule has 4 rings (SSSR count). The van der Waals surface area contributed by atoms with Crippen LogP contribution in [0.2, 0.25) is 0 Å². The van der Waals surface area contributed by atoms with E-state index in [-0.39, 0.29) is 5.82 Å². The molecule has 1 N–H and O–H groups in total. The molecule has 0 saturated heterocycles. The molecule has 0 aliphatic carbocycles. The Bertz CT molecular complexity index is 1460. The molecule has 156 valence electrons. The lowest BCUT2D eigenvalue weighted by Gasteiger charge is -2.04. The van der Waals surface area contributed by atoms with Gasteiger partial charge in [0.25, 0.3) is 5.56 Å². The molecular weight excluding hydrogens is 417 g/mol. The fourth-order valence-corrected chi connectivity index (χ4v) is 4.35. The summed E-state index contributed by atoms with van der Waals surface area (Å²) in [5.74, 6) is 6.41. The molecule has 0 atom stereocenters. The number of benzene rings is 1. The fourth-order valence-electron chi connectivity index (χ4n) is 3.22. The maximum atomic E-state index is 13.7. The largest absolute Gasteiger partial charge is 0.481 e. The minimum absolute atomic E-state index is 0.302. The van der Waals surface area contributed by atoms with E-state index in [4.69, 9.17) is 4.74 Å². The summed E-state index contributed by atoms with van der Waals surface area (Å²) in [6, 6.07) is 9.86. The molecule has 4 aromatic rings. The number of fused-ring (bicyclic) bond motifs is 1. The molecule has 0 saturated carbocycles. The summed E-state index contributed by atoms with van der Waals surface area (Å²) in [6.07, 6.45) is 2.41. The lowest BCUT2D eigenvalue weighted by Crippen LogP contribution is -2.28. The number of thiazole rings is 1. The zero-order valence-corrected chi connectivity index (χ0v) is 17.7. The smallest absolute Gasteiger partial charge is 0.333 e. The second-order valence-electron chi connectivity index (χ2n) is 6.89. The zero-order valence-electron chi connectivity index (χ0n) is 16.9. The van der Waals surface area contributed by atoms with Crippen molar-refractivity contribution in [2.45, 2.75) is 19.8 Å². The van der Waals surface area contributed by atoms with Crippen LogP contribution in [0.15, 0.2) is 52.2 Å². The summed E-state index contributed by atoms with van der Waals surface area (Å²) in [7, 11) is 1.55. The van der Waals surface area contributed by atoms with Gasteiger partial charge in [-0.1, -0.05) is 24.0 Å². The average molecular weight is 435 g/mol. The predicted molar refractivity (Wildman–Crippen MR) is 117 cm³/mol. The van der Waals surface area contributed by atoms with E-state index in [1.165, 1.54) is 27.9 Å². The Hall–Kier alpha value is -3.70. The number of H-pyrrole nitrogens is 1. The number of halogens is 1. The van der Waals surface area contributed by atoms with Crippen LogP contribution in [-0.4, -0.2) is 21.5 Å². The number of hydrogen-bond acceptors (Lipinski definition) is 5. The third-order valence-corrected chi connectivity index (χ3v) is 6.01. The molecule has 0 bridgehead atoms. The van der Waals surface area contributed by atoms with Crippen LogP contribution in [0.1, 0.15) is 27.3 Å². The molecule has 0 fully saturated rings. The van der Waals surface area contributed by atoms with Crippen molar-refractivity contribution in [1.82, 2.24) is 14.4 Å². The Kier molecular flexibility index (Phi) is 5.69. The Morgan fingerprint density at radius 2 is 2.06 bits per heavy atom. The lowest BCUT2D eigenvalue weighted by atomic mass is 10.1. The van der Waals surface area contributed by atoms with Crippen molar-refractivity contribution in [3.63, 3.8) is 0 Å². The first-order chi connectivity index (χ1) is 15.0. The maximum Gasteiger partial charge on any atom is 0.333 e. The van der Waals surface area contributed by atoms with Crippen LogP contribution in [-0.2, 0) is 12.8 Å². The van der Waals surface area contributed by atoms with Gasteiger partial charge in [-0.05, 0) is 36.2 Å². The molecule has 3 heterocycles. The molecule has 31 heavy (non-hydrogen) atoms. The summed E-state index contributed by atoms with van der Waals surface area (Å²) in [6.45, 7) is 1.66. The van der Waals surface area contributed by atoms with Gasteiger partial charge in [-0.15, -0.1) is 11.3 Å². The van der Waals surface area contributed by atoms with Gasteiger partial charge in [0.15, 0.2) is 0 Å². The van der Waals surface area contributed by atoms with E-state index in [0.717, 1.165) is 5.56 Å². The van der Waals surface area contributed by atoms with Crippen molar-refractivity contribution < 1.29 is 9.13 Å². The summed E-state index contributed by atoms with van der Waals surface area (Å²) in [5.41, 5.74) is 1.76. The van der Waals surface area contributed by atoms with E-state index >= 15 is 0 Å². The van der Waals surface area contributed by atoms with Gasteiger partial charge in [-0.2, -0.15) is 0 Å². The number of aromatic amines is 1. The Labute approximate surface area is 181 Å². The fraction of sp³-hybridized carbons (Fsp3) is 0.174. The molecule has 3 aromatic heterocycles. The van der Waals surface area contributed by atoms with E-state index in [2.05, 4.69) is 21.8 Å². The van der Waals surface area contributed by atoms with E-state index in [1.54, 1.807) is 38.4 Å². The number of nitrogens with zero attached hydrogens (tertiary/aromatic N) is 2. The second-order valence-corrected chi connectivity index (χ2v) is 7.89. The first-order valence-corrected chi connectivity index (χ1v) is 10.3. The molecule has 8 heteroatoms. The van der Waals surface area contributed by atoms with Crippen LogP contribution >= 0.6 is 11.3 Å². The number of rotatable bonds is 4.